The van der Waals surface area contributed by atoms with E-state index in [9.17, 15) is 4.79 Å². The number of ether oxygens (including phenoxy) is 2. The highest BCUT2D eigenvalue weighted by Gasteiger charge is 2.42. The topological polar surface area (TPSA) is 76.0 Å². The van der Waals surface area contributed by atoms with E-state index in [-0.39, 0.29) is 31.0 Å². The number of hydrogen-bond donors (Lipinski definition) is 2. The van der Waals surface area contributed by atoms with E-state index in [0.717, 1.165) is 17.6 Å². The Bertz CT molecular complexity index is 399. The van der Waals surface area contributed by atoms with Crippen molar-refractivity contribution in [3.63, 3.8) is 0 Å². The van der Waals surface area contributed by atoms with E-state index in [2.05, 4.69) is 6.08 Å². The van der Waals surface area contributed by atoms with Crippen molar-refractivity contribution >= 4 is 5.97 Å². The first-order chi connectivity index (χ1) is 9.17. The van der Waals surface area contributed by atoms with Crippen molar-refractivity contribution in [2.75, 3.05) is 13.2 Å². The van der Waals surface area contributed by atoms with Gasteiger partial charge in [0.05, 0.1) is 12.2 Å². The summed E-state index contributed by atoms with van der Waals surface area (Å²) in [5.74, 6) is -0.215. The summed E-state index contributed by atoms with van der Waals surface area (Å²) < 4.78 is 10.7. The van der Waals surface area contributed by atoms with Crippen LogP contribution in [0.25, 0.3) is 0 Å². The van der Waals surface area contributed by atoms with Gasteiger partial charge in [-0.2, -0.15) is 0 Å². The second-order valence-corrected chi connectivity index (χ2v) is 4.90. The molecule has 0 amide bonds. The van der Waals surface area contributed by atoms with Gasteiger partial charge in [-0.15, -0.1) is 0 Å². The normalized spacial score (nSPS) is 29.1. The Hall–Kier alpha value is -1.33. The Morgan fingerprint density at radius 1 is 1.37 bits per heavy atom. The molecule has 5 nitrogen and oxygen atoms in total. The molecule has 0 aromatic rings. The maximum absolute atomic E-state index is 11.1. The van der Waals surface area contributed by atoms with Crippen molar-refractivity contribution in [2.45, 2.75) is 32.5 Å². The molecule has 1 heterocycles. The van der Waals surface area contributed by atoms with Crippen LogP contribution < -0.4 is 0 Å². The molecule has 19 heavy (non-hydrogen) atoms. The molecule has 0 unspecified atom stereocenters. The third kappa shape index (κ3) is 2.98. The molecule has 106 valence electrons. The van der Waals surface area contributed by atoms with Crippen molar-refractivity contribution in [1.29, 1.82) is 0 Å². The Kier molecular flexibility index (Phi) is 4.61. The van der Waals surface area contributed by atoms with Crippen molar-refractivity contribution in [2.24, 2.45) is 11.8 Å². The molecule has 0 bridgehead atoms. The van der Waals surface area contributed by atoms with Crippen LogP contribution in [0.2, 0.25) is 0 Å². The lowest BCUT2D eigenvalue weighted by atomic mass is 9.81. The zero-order chi connectivity index (χ0) is 13.8. The van der Waals surface area contributed by atoms with Crippen LogP contribution in [-0.2, 0) is 14.3 Å². The number of hydrogen-bond acceptors (Lipinski definition) is 5. The van der Waals surface area contributed by atoms with E-state index in [4.69, 9.17) is 19.7 Å². The SMILES string of the molecule is CC(=O)O[C@@H]1OC=C(CCO)[C@H]2CC=C(CCO)[C@@H]12. The highest BCUT2D eigenvalue weighted by Crippen LogP contribution is 2.45. The Morgan fingerprint density at radius 3 is 2.68 bits per heavy atom. The molecule has 0 aromatic carbocycles. The van der Waals surface area contributed by atoms with Crippen LogP contribution in [0.1, 0.15) is 26.2 Å². The number of aliphatic hydroxyl groups excluding tert-OH is 2. The largest absolute Gasteiger partial charge is 0.462 e. The average Bonchev–Trinajstić information content (AvgIpc) is 2.77. The molecule has 5 heteroatoms. The van der Waals surface area contributed by atoms with E-state index in [1.54, 1.807) is 6.26 Å². The fourth-order valence-corrected chi connectivity index (χ4v) is 2.93. The van der Waals surface area contributed by atoms with Crippen LogP contribution in [0.5, 0.6) is 0 Å². The van der Waals surface area contributed by atoms with Crippen LogP contribution in [0, 0.1) is 11.8 Å². The second kappa shape index (κ2) is 6.21. The predicted molar refractivity (Wildman–Crippen MR) is 67.8 cm³/mol. The van der Waals surface area contributed by atoms with Crippen molar-refractivity contribution in [3.8, 4) is 0 Å². The van der Waals surface area contributed by atoms with E-state index in [1.807, 2.05) is 0 Å². The second-order valence-electron chi connectivity index (χ2n) is 4.90. The van der Waals surface area contributed by atoms with Crippen LogP contribution in [0.4, 0.5) is 0 Å². The standard InChI is InChI=1S/C14H20O5/c1-9(17)19-14-13-10(4-6-15)2-3-12(13)11(5-7-16)8-18-14/h2,8,12-16H,3-7H2,1H3/t12-,13-,14+/m1/s1. The van der Waals surface area contributed by atoms with Crippen molar-refractivity contribution in [1.82, 2.24) is 0 Å². The van der Waals surface area contributed by atoms with Crippen LogP contribution in [-0.4, -0.2) is 35.7 Å². The molecule has 2 aliphatic rings. The summed E-state index contributed by atoms with van der Waals surface area (Å²) >= 11 is 0. The number of esters is 1. The van der Waals surface area contributed by atoms with Gasteiger partial charge in [0.2, 0.25) is 6.29 Å². The van der Waals surface area contributed by atoms with E-state index < -0.39 is 6.29 Å². The molecule has 1 aliphatic carbocycles. The summed E-state index contributed by atoms with van der Waals surface area (Å²) in [6.07, 6.45) is 5.05. The highest BCUT2D eigenvalue weighted by atomic mass is 16.7. The third-order valence-electron chi connectivity index (χ3n) is 3.70. The van der Waals surface area contributed by atoms with Gasteiger partial charge in [0.25, 0.3) is 0 Å². The molecular weight excluding hydrogens is 248 g/mol. The van der Waals surface area contributed by atoms with Crippen LogP contribution in [0.3, 0.4) is 0 Å². The molecule has 3 atom stereocenters. The van der Waals surface area contributed by atoms with Gasteiger partial charge in [0.15, 0.2) is 0 Å². The average molecular weight is 268 g/mol. The van der Waals surface area contributed by atoms with Crippen molar-refractivity contribution in [3.05, 3.63) is 23.5 Å². The molecule has 0 spiro atoms. The van der Waals surface area contributed by atoms with Gasteiger partial charge < -0.3 is 19.7 Å². The highest BCUT2D eigenvalue weighted by molar-refractivity contribution is 5.66. The molecule has 0 saturated carbocycles. The lowest BCUT2D eigenvalue weighted by molar-refractivity contribution is -0.179. The maximum atomic E-state index is 11.1. The van der Waals surface area contributed by atoms with Gasteiger partial charge in [-0.3, -0.25) is 4.79 Å². The number of rotatable bonds is 5. The zero-order valence-electron chi connectivity index (χ0n) is 11.0. The fraction of sp³-hybridized carbons (Fsp3) is 0.643. The zero-order valence-corrected chi connectivity index (χ0v) is 11.0. The lowest BCUT2D eigenvalue weighted by Crippen LogP contribution is -2.36. The predicted octanol–water partition coefficient (Wildman–Crippen LogP) is 1.12. The minimum absolute atomic E-state index is 0.0393. The molecule has 0 saturated heterocycles. The van der Waals surface area contributed by atoms with E-state index in [0.29, 0.717) is 12.8 Å². The number of carbonyl (C=O) groups is 1. The molecule has 2 rings (SSSR count). The van der Waals surface area contributed by atoms with Crippen molar-refractivity contribution < 1.29 is 24.5 Å². The third-order valence-corrected chi connectivity index (χ3v) is 3.70. The van der Waals surface area contributed by atoms with Crippen LogP contribution >= 0.6 is 0 Å². The number of fused-ring (bicyclic) bond motifs is 1. The van der Waals surface area contributed by atoms with Gasteiger partial charge >= 0.3 is 5.97 Å². The van der Waals surface area contributed by atoms with E-state index in [1.165, 1.54) is 6.92 Å². The summed E-state index contributed by atoms with van der Waals surface area (Å²) in [6, 6.07) is 0. The summed E-state index contributed by atoms with van der Waals surface area (Å²) in [5, 5.41) is 18.2. The molecule has 0 radical (unpaired) electrons. The first-order valence-electron chi connectivity index (χ1n) is 6.59. The molecule has 0 fully saturated rings. The van der Waals surface area contributed by atoms with E-state index >= 15 is 0 Å². The van der Waals surface area contributed by atoms with Crippen LogP contribution in [0.15, 0.2) is 23.5 Å². The van der Waals surface area contributed by atoms with Gasteiger partial charge in [-0.25, -0.2) is 0 Å². The summed E-state index contributed by atoms with van der Waals surface area (Å²) in [7, 11) is 0. The summed E-state index contributed by atoms with van der Waals surface area (Å²) in [6.45, 7) is 1.50. The smallest absolute Gasteiger partial charge is 0.305 e. The fourth-order valence-electron chi connectivity index (χ4n) is 2.93. The molecule has 0 aromatic heterocycles. The van der Waals surface area contributed by atoms with Gasteiger partial charge in [0.1, 0.15) is 0 Å². The Morgan fingerprint density at radius 2 is 2.05 bits per heavy atom. The number of carbonyl (C=O) groups excluding carboxylic acids is 1. The monoisotopic (exact) mass is 268 g/mol. The Balaban J connectivity index is 2.18. The first-order valence-corrected chi connectivity index (χ1v) is 6.59. The lowest BCUT2D eigenvalue weighted by Gasteiger charge is -2.35. The Labute approximate surface area is 112 Å². The minimum atomic E-state index is -0.620. The molecular formula is C14H20O5. The van der Waals surface area contributed by atoms with Gasteiger partial charge in [-0.05, 0) is 24.8 Å². The first kappa shape index (κ1) is 14.1. The summed E-state index contributed by atoms with van der Waals surface area (Å²) in [5.41, 5.74) is 2.11. The van der Waals surface area contributed by atoms with Gasteiger partial charge in [0, 0.05) is 26.1 Å². The minimum Gasteiger partial charge on any atom is -0.462 e. The quantitative estimate of drug-likeness (QED) is 0.577. The maximum Gasteiger partial charge on any atom is 0.305 e. The van der Waals surface area contributed by atoms with Gasteiger partial charge in [-0.1, -0.05) is 11.6 Å². The molecule has 1 aliphatic heterocycles. The number of allylic oxidation sites excluding steroid dienone is 1. The molecule has 2 N–H and O–H groups in total. The summed E-state index contributed by atoms with van der Waals surface area (Å²) in [4.78, 5) is 11.1. The number of aliphatic hydroxyl groups is 2.